The second kappa shape index (κ2) is 11.3. The first kappa shape index (κ1) is 21.0. The summed E-state index contributed by atoms with van der Waals surface area (Å²) in [6.07, 6.45) is 16.1. The Hall–Kier alpha value is -2.75. The van der Waals surface area contributed by atoms with Gasteiger partial charge in [0.2, 0.25) is 0 Å². The molecule has 0 amide bonds. The quantitative estimate of drug-likeness (QED) is 0.351. The Morgan fingerprint density at radius 2 is 1.38 bits per heavy atom. The molecular weight excluding hydrogens is 358 g/mol. The van der Waals surface area contributed by atoms with Crippen LogP contribution >= 0.6 is 0 Å². The summed E-state index contributed by atoms with van der Waals surface area (Å²) in [6, 6.07) is 12.1. The van der Waals surface area contributed by atoms with Crippen LogP contribution in [0.3, 0.4) is 0 Å². The van der Waals surface area contributed by atoms with E-state index in [2.05, 4.69) is 27.9 Å². The van der Waals surface area contributed by atoms with Crippen molar-refractivity contribution in [2.45, 2.75) is 58.3 Å². The van der Waals surface area contributed by atoms with Gasteiger partial charge in [0.25, 0.3) is 0 Å². The van der Waals surface area contributed by atoms with E-state index in [1.165, 1.54) is 50.5 Å². The van der Waals surface area contributed by atoms with Gasteiger partial charge in [-0.15, -0.1) is 0 Å². The molecule has 0 aliphatic rings. The van der Waals surface area contributed by atoms with E-state index in [-0.39, 0.29) is 0 Å². The van der Waals surface area contributed by atoms with E-state index in [1.54, 1.807) is 7.11 Å². The van der Waals surface area contributed by atoms with Crippen LogP contribution in [0.2, 0.25) is 0 Å². The van der Waals surface area contributed by atoms with E-state index >= 15 is 0 Å². The fraction of sp³-hybridized carbons (Fsp3) is 0.400. The minimum Gasteiger partial charge on any atom is -0.497 e. The third-order valence-corrected chi connectivity index (χ3v) is 5.20. The van der Waals surface area contributed by atoms with Crippen molar-refractivity contribution < 1.29 is 4.74 Å². The largest absolute Gasteiger partial charge is 0.497 e. The standard InChI is InChI=1S/C25H31N3O/c1-3-4-5-6-7-8-9-10-20-11-16-24(26-17-20)25-27-18-22(19-28-25)21-12-14-23(29-2)15-13-21/h11-19H,3-10H2,1-2H3. The third kappa shape index (κ3) is 6.38. The van der Waals surface area contributed by atoms with Gasteiger partial charge in [0.1, 0.15) is 11.4 Å². The van der Waals surface area contributed by atoms with Gasteiger partial charge in [-0.05, 0) is 42.2 Å². The Morgan fingerprint density at radius 3 is 2.00 bits per heavy atom. The van der Waals surface area contributed by atoms with Gasteiger partial charge < -0.3 is 4.74 Å². The molecule has 0 atom stereocenters. The molecular formula is C25H31N3O. The zero-order chi connectivity index (χ0) is 20.3. The number of aromatic nitrogens is 3. The van der Waals surface area contributed by atoms with Crippen LogP contribution < -0.4 is 4.74 Å². The molecule has 4 heteroatoms. The van der Waals surface area contributed by atoms with Gasteiger partial charge in [0.15, 0.2) is 5.82 Å². The lowest BCUT2D eigenvalue weighted by Gasteiger charge is -2.05. The molecule has 0 fully saturated rings. The van der Waals surface area contributed by atoms with Gasteiger partial charge >= 0.3 is 0 Å². The van der Waals surface area contributed by atoms with E-state index in [9.17, 15) is 0 Å². The maximum absolute atomic E-state index is 5.20. The Kier molecular flexibility index (Phi) is 8.17. The highest BCUT2D eigenvalue weighted by molar-refractivity contribution is 5.63. The summed E-state index contributed by atoms with van der Waals surface area (Å²) in [5.74, 6) is 1.50. The highest BCUT2D eigenvalue weighted by Gasteiger charge is 2.05. The van der Waals surface area contributed by atoms with Crippen molar-refractivity contribution in [2.75, 3.05) is 7.11 Å². The fourth-order valence-electron chi connectivity index (χ4n) is 3.38. The van der Waals surface area contributed by atoms with Crippen molar-refractivity contribution in [3.05, 3.63) is 60.6 Å². The Morgan fingerprint density at radius 1 is 0.690 bits per heavy atom. The zero-order valence-electron chi connectivity index (χ0n) is 17.6. The first-order chi connectivity index (χ1) is 14.3. The number of nitrogens with zero attached hydrogens (tertiary/aromatic N) is 3. The summed E-state index contributed by atoms with van der Waals surface area (Å²) in [7, 11) is 1.67. The SMILES string of the molecule is CCCCCCCCCc1ccc(-c2ncc(-c3ccc(OC)cc3)cn2)nc1. The molecule has 152 valence electrons. The number of benzene rings is 1. The molecule has 4 nitrogen and oxygen atoms in total. The number of aryl methyl sites for hydroxylation is 1. The van der Waals surface area contributed by atoms with E-state index in [1.807, 2.05) is 48.9 Å². The van der Waals surface area contributed by atoms with Gasteiger partial charge in [0, 0.05) is 24.2 Å². The van der Waals surface area contributed by atoms with Gasteiger partial charge in [-0.25, -0.2) is 9.97 Å². The average molecular weight is 390 g/mol. The predicted octanol–water partition coefficient (Wildman–Crippen LogP) is 6.51. The molecule has 0 radical (unpaired) electrons. The van der Waals surface area contributed by atoms with Crippen LogP contribution in [0.15, 0.2) is 55.0 Å². The predicted molar refractivity (Wildman–Crippen MR) is 119 cm³/mol. The fourth-order valence-corrected chi connectivity index (χ4v) is 3.38. The molecule has 0 aliphatic carbocycles. The van der Waals surface area contributed by atoms with E-state index < -0.39 is 0 Å². The monoisotopic (exact) mass is 389 g/mol. The van der Waals surface area contributed by atoms with Crippen LogP contribution in [-0.4, -0.2) is 22.1 Å². The van der Waals surface area contributed by atoms with Crippen LogP contribution in [0.1, 0.15) is 57.4 Å². The van der Waals surface area contributed by atoms with Crippen molar-refractivity contribution >= 4 is 0 Å². The third-order valence-electron chi connectivity index (χ3n) is 5.20. The van der Waals surface area contributed by atoms with Crippen molar-refractivity contribution in [2.24, 2.45) is 0 Å². The van der Waals surface area contributed by atoms with Crippen LogP contribution in [0.5, 0.6) is 5.75 Å². The smallest absolute Gasteiger partial charge is 0.178 e. The summed E-state index contributed by atoms with van der Waals surface area (Å²) in [5, 5.41) is 0. The van der Waals surface area contributed by atoms with Crippen LogP contribution in [-0.2, 0) is 6.42 Å². The van der Waals surface area contributed by atoms with E-state index in [0.29, 0.717) is 5.82 Å². The summed E-state index contributed by atoms with van der Waals surface area (Å²) in [6.45, 7) is 2.26. The molecule has 29 heavy (non-hydrogen) atoms. The van der Waals surface area contributed by atoms with Crippen LogP contribution in [0, 0.1) is 0 Å². The minimum absolute atomic E-state index is 0.657. The van der Waals surface area contributed by atoms with Crippen LogP contribution in [0.4, 0.5) is 0 Å². The number of methoxy groups -OCH3 is 1. The van der Waals surface area contributed by atoms with Crippen molar-refractivity contribution in [1.29, 1.82) is 0 Å². The highest BCUT2D eigenvalue weighted by atomic mass is 16.5. The second-order valence-corrected chi connectivity index (χ2v) is 7.45. The molecule has 0 spiro atoms. The zero-order valence-corrected chi connectivity index (χ0v) is 17.6. The normalized spacial score (nSPS) is 10.8. The van der Waals surface area contributed by atoms with Crippen molar-refractivity contribution in [3.8, 4) is 28.4 Å². The van der Waals surface area contributed by atoms with Gasteiger partial charge in [-0.3, -0.25) is 4.98 Å². The highest BCUT2D eigenvalue weighted by Crippen LogP contribution is 2.22. The van der Waals surface area contributed by atoms with Crippen molar-refractivity contribution in [1.82, 2.24) is 15.0 Å². The molecule has 0 saturated carbocycles. The number of hydrogen-bond acceptors (Lipinski definition) is 4. The van der Waals surface area contributed by atoms with Crippen LogP contribution in [0.25, 0.3) is 22.6 Å². The number of rotatable bonds is 11. The molecule has 1 aromatic carbocycles. The number of hydrogen-bond donors (Lipinski definition) is 0. The summed E-state index contributed by atoms with van der Waals surface area (Å²) in [4.78, 5) is 13.6. The minimum atomic E-state index is 0.657. The molecule has 0 aliphatic heterocycles. The lowest BCUT2D eigenvalue weighted by molar-refractivity contribution is 0.415. The Balaban J connectivity index is 1.51. The lowest BCUT2D eigenvalue weighted by Crippen LogP contribution is -1.94. The molecule has 0 unspecified atom stereocenters. The molecule has 3 aromatic rings. The summed E-state index contributed by atoms with van der Waals surface area (Å²) in [5.41, 5.74) is 4.15. The average Bonchev–Trinajstić information content (AvgIpc) is 2.79. The first-order valence-corrected chi connectivity index (χ1v) is 10.7. The maximum atomic E-state index is 5.20. The molecule has 2 aromatic heterocycles. The maximum Gasteiger partial charge on any atom is 0.178 e. The van der Waals surface area contributed by atoms with Gasteiger partial charge in [-0.2, -0.15) is 0 Å². The lowest BCUT2D eigenvalue weighted by atomic mass is 10.1. The topological polar surface area (TPSA) is 47.9 Å². The number of pyridine rings is 1. The molecule has 3 rings (SSSR count). The second-order valence-electron chi connectivity index (χ2n) is 7.45. The van der Waals surface area contributed by atoms with Crippen molar-refractivity contribution in [3.63, 3.8) is 0 Å². The summed E-state index contributed by atoms with van der Waals surface area (Å²) >= 11 is 0. The molecule has 2 heterocycles. The molecule has 0 saturated heterocycles. The summed E-state index contributed by atoms with van der Waals surface area (Å²) < 4.78 is 5.20. The first-order valence-electron chi connectivity index (χ1n) is 10.7. The molecule has 0 N–H and O–H groups in total. The Bertz CT molecular complexity index is 843. The van der Waals surface area contributed by atoms with Gasteiger partial charge in [0.05, 0.1) is 7.11 Å². The number of ether oxygens (including phenoxy) is 1. The van der Waals surface area contributed by atoms with E-state index in [4.69, 9.17) is 4.74 Å². The molecule has 0 bridgehead atoms. The Labute approximate surface area is 174 Å². The number of unbranched alkanes of at least 4 members (excludes halogenated alkanes) is 6. The van der Waals surface area contributed by atoms with E-state index in [0.717, 1.165) is 29.0 Å². The van der Waals surface area contributed by atoms with Gasteiger partial charge in [-0.1, -0.05) is 63.6 Å².